The Bertz CT molecular complexity index is 817. The minimum Gasteiger partial charge on any atom is -0.347 e. The number of hydrogen-bond donors (Lipinski definition) is 1. The number of aromatic nitrogens is 4. The zero-order valence-corrected chi connectivity index (χ0v) is 12.7. The van der Waals surface area contributed by atoms with Gasteiger partial charge in [-0.15, -0.1) is 5.10 Å². The summed E-state index contributed by atoms with van der Waals surface area (Å²) in [6, 6.07) is 11.9. The number of aromatic amines is 1. The number of carbonyl (C=O) groups excluding carboxylic acids is 2. The summed E-state index contributed by atoms with van der Waals surface area (Å²) in [5, 5.41) is 6.09. The Morgan fingerprint density at radius 1 is 1.17 bits per heavy atom. The lowest BCUT2D eigenvalue weighted by Crippen LogP contribution is -2.20. The van der Waals surface area contributed by atoms with Crippen LogP contribution in [0.4, 0.5) is 0 Å². The molecule has 0 aliphatic heterocycles. The predicted molar refractivity (Wildman–Crippen MR) is 84.1 cm³/mol. The first-order chi connectivity index (χ1) is 11.1. The van der Waals surface area contributed by atoms with Crippen LogP contribution >= 0.6 is 0 Å². The van der Waals surface area contributed by atoms with Crippen LogP contribution in [0.3, 0.4) is 0 Å². The highest BCUT2D eigenvalue weighted by Gasteiger charge is 2.21. The van der Waals surface area contributed by atoms with Crippen molar-refractivity contribution in [3.8, 4) is 0 Å². The van der Waals surface area contributed by atoms with E-state index in [0.717, 1.165) is 11.3 Å². The third-order valence-electron chi connectivity index (χ3n) is 3.61. The Morgan fingerprint density at radius 3 is 2.65 bits per heavy atom. The molecule has 2 aromatic heterocycles. The third-order valence-corrected chi connectivity index (χ3v) is 3.61. The second-order valence-electron chi connectivity index (χ2n) is 5.36. The molecule has 23 heavy (non-hydrogen) atoms. The molecule has 1 aromatic carbocycles. The van der Waals surface area contributed by atoms with E-state index in [4.69, 9.17) is 0 Å². The summed E-state index contributed by atoms with van der Waals surface area (Å²) in [6.45, 7) is 2.70. The Morgan fingerprint density at radius 2 is 1.96 bits per heavy atom. The van der Waals surface area contributed by atoms with Crippen LogP contribution in [0.1, 0.15) is 27.4 Å². The Hall–Kier alpha value is -3.02. The average Bonchev–Trinajstić information content (AvgIpc) is 3.21. The van der Waals surface area contributed by atoms with Gasteiger partial charge < -0.3 is 4.57 Å². The summed E-state index contributed by atoms with van der Waals surface area (Å²) in [4.78, 5) is 27.8. The van der Waals surface area contributed by atoms with Crippen molar-refractivity contribution < 1.29 is 9.59 Å². The van der Waals surface area contributed by atoms with Gasteiger partial charge in [0.25, 0.3) is 5.78 Å². The predicted octanol–water partition coefficient (Wildman–Crippen LogP) is 1.96. The van der Waals surface area contributed by atoms with Gasteiger partial charge in [-0.25, -0.2) is 4.98 Å². The highest BCUT2D eigenvalue weighted by atomic mass is 16.2. The van der Waals surface area contributed by atoms with Gasteiger partial charge in [-0.2, -0.15) is 0 Å². The molecule has 1 N–H and O–H groups in total. The smallest absolute Gasteiger partial charge is 0.267 e. The zero-order chi connectivity index (χ0) is 16.2. The fourth-order valence-corrected chi connectivity index (χ4v) is 2.34. The molecular formula is C17H16N4O2. The van der Waals surface area contributed by atoms with E-state index in [1.54, 1.807) is 0 Å². The molecule has 0 aliphatic rings. The van der Waals surface area contributed by atoms with Crippen molar-refractivity contribution in [1.29, 1.82) is 0 Å². The SMILES string of the molecule is Cc1ccc(Cn2cccc2CC(=O)C(=O)c2nc[nH]n2)cc1. The second kappa shape index (κ2) is 6.39. The molecule has 0 aliphatic carbocycles. The monoisotopic (exact) mass is 308 g/mol. The number of aryl methyl sites for hydroxylation is 1. The molecule has 0 amide bonds. The van der Waals surface area contributed by atoms with Gasteiger partial charge in [-0.05, 0) is 24.6 Å². The van der Waals surface area contributed by atoms with Crippen LogP contribution in [-0.4, -0.2) is 31.3 Å². The summed E-state index contributed by atoms with van der Waals surface area (Å²) in [5.41, 5.74) is 3.13. The van der Waals surface area contributed by atoms with Crippen molar-refractivity contribution in [2.75, 3.05) is 0 Å². The normalized spacial score (nSPS) is 10.7. The molecule has 0 fully saturated rings. The van der Waals surface area contributed by atoms with Crippen molar-refractivity contribution in [3.05, 3.63) is 71.6 Å². The molecule has 0 atom stereocenters. The fourth-order valence-electron chi connectivity index (χ4n) is 2.34. The maximum absolute atomic E-state index is 12.1. The van der Waals surface area contributed by atoms with E-state index in [0.29, 0.717) is 6.54 Å². The van der Waals surface area contributed by atoms with Gasteiger partial charge in [0.15, 0.2) is 0 Å². The molecule has 0 saturated carbocycles. The number of hydrogen-bond acceptors (Lipinski definition) is 4. The van der Waals surface area contributed by atoms with E-state index in [1.807, 2.05) is 29.8 Å². The molecule has 2 heterocycles. The van der Waals surface area contributed by atoms with Crippen LogP contribution in [0.2, 0.25) is 0 Å². The molecule has 6 nitrogen and oxygen atoms in total. The first-order valence-electron chi connectivity index (χ1n) is 7.26. The van der Waals surface area contributed by atoms with E-state index >= 15 is 0 Å². The molecular weight excluding hydrogens is 292 g/mol. The lowest BCUT2D eigenvalue weighted by Gasteiger charge is -2.09. The molecule has 0 radical (unpaired) electrons. The number of rotatable bonds is 6. The lowest BCUT2D eigenvalue weighted by atomic mass is 10.1. The Balaban J connectivity index is 1.72. The summed E-state index contributed by atoms with van der Waals surface area (Å²) < 4.78 is 1.97. The van der Waals surface area contributed by atoms with E-state index in [9.17, 15) is 9.59 Å². The molecule has 3 aromatic rings. The first-order valence-corrected chi connectivity index (χ1v) is 7.26. The topological polar surface area (TPSA) is 80.6 Å². The van der Waals surface area contributed by atoms with Gasteiger partial charge in [0.2, 0.25) is 11.6 Å². The second-order valence-corrected chi connectivity index (χ2v) is 5.36. The summed E-state index contributed by atoms with van der Waals surface area (Å²) in [6.07, 6.45) is 3.21. The van der Waals surface area contributed by atoms with Crippen LogP contribution in [0.25, 0.3) is 0 Å². The van der Waals surface area contributed by atoms with Gasteiger partial charge in [0, 0.05) is 18.4 Å². The number of nitrogens with zero attached hydrogens (tertiary/aromatic N) is 3. The van der Waals surface area contributed by atoms with E-state index < -0.39 is 11.6 Å². The van der Waals surface area contributed by atoms with Crippen molar-refractivity contribution >= 4 is 11.6 Å². The largest absolute Gasteiger partial charge is 0.347 e. The first kappa shape index (κ1) is 14.9. The van der Waals surface area contributed by atoms with E-state index in [1.165, 1.54) is 11.9 Å². The number of ketones is 2. The minimum absolute atomic E-state index is 0.0340. The standard InChI is InChI=1S/C17H16N4O2/c1-12-4-6-13(7-5-12)10-21-8-2-3-14(21)9-15(22)16(23)17-18-11-19-20-17/h2-8,11H,9-10H2,1H3,(H,18,19,20). The van der Waals surface area contributed by atoms with Crippen molar-refractivity contribution in [1.82, 2.24) is 19.7 Å². The van der Waals surface area contributed by atoms with Gasteiger partial charge in [0.1, 0.15) is 6.33 Å². The highest BCUT2D eigenvalue weighted by molar-refractivity contribution is 6.43. The molecule has 0 bridgehead atoms. The van der Waals surface area contributed by atoms with Crippen molar-refractivity contribution in [2.45, 2.75) is 19.9 Å². The van der Waals surface area contributed by atoms with E-state index in [-0.39, 0.29) is 12.2 Å². The number of Topliss-reactive ketones (excluding diaryl/α,β-unsaturated/α-hetero) is 2. The lowest BCUT2D eigenvalue weighted by molar-refractivity contribution is -0.114. The minimum atomic E-state index is -0.672. The third kappa shape index (κ3) is 3.42. The van der Waals surface area contributed by atoms with Gasteiger partial charge in [0.05, 0.1) is 6.42 Å². The van der Waals surface area contributed by atoms with Crippen molar-refractivity contribution in [2.24, 2.45) is 0 Å². The summed E-state index contributed by atoms with van der Waals surface area (Å²) >= 11 is 0. The molecule has 6 heteroatoms. The number of H-pyrrole nitrogens is 1. The van der Waals surface area contributed by atoms with Crippen LogP contribution in [0.15, 0.2) is 48.9 Å². The molecule has 3 rings (SSSR count). The Labute approximate surface area is 133 Å². The maximum Gasteiger partial charge on any atom is 0.267 e. The Kier molecular flexibility index (Phi) is 4.14. The quantitative estimate of drug-likeness (QED) is 0.557. The van der Waals surface area contributed by atoms with Gasteiger partial charge in [-0.1, -0.05) is 29.8 Å². The molecule has 0 spiro atoms. The maximum atomic E-state index is 12.1. The van der Waals surface area contributed by atoms with Crippen LogP contribution in [0, 0.1) is 6.92 Å². The van der Waals surface area contributed by atoms with E-state index in [2.05, 4.69) is 39.4 Å². The number of carbonyl (C=O) groups is 2. The van der Waals surface area contributed by atoms with Crippen molar-refractivity contribution in [3.63, 3.8) is 0 Å². The van der Waals surface area contributed by atoms with Crippen LogP contribution in [0.5, 0.6) is 0 Å². The molecule has 116 valence electrons. The van der Waals surface area contributed by atoms with Gasteiger partial charge in [-0.3, -0.25) is 14.7 Å². The fraction of sp³-hybridized carbons (Fsp3) is 0.176. The van der Waals surface area contributed by atoms with Crippen LogP contribution < -0.4 is 0 Å². The molecule has 0 unspecified atom stereocenters. The summed E-state index contributed by atoms with van der Waals surface area (Å²) in [5.74, 6) is -1.28. The summed E-state index contributed by atoms with van der Waals surface area (Å²) in [7, 11) is 0. The molecule has 0 saturated heterocycles. The highest BCUT2D eigenvalue weighted by Crippen LogP contribution is 2.11. The zero-order valence-electron chi connectivity index (χ0n) is 12.7. The number of nitrogens with one attached hydrogen (secondary N) is 1. The average molecular weight is 308 g/mol. The number of benzene rings is 1. The van der Waals surface area contributed by atoms with Crippen LogP contribution in [-0.2, 0) is 17.8 Å². The van der Waals surface area contributed by atoms with Gasteiger partial charge >= 0.3 is 0 Å².